The molecule has 0 amide bonds. The van der Waals surface area contributed by atoms with E-state index in [4.69, 9.17) is 0 Å². The van der Waals surface area contributed by atoms with Crippen molar-refractivity contribution in [2.45, 2.75) is 4.90 Å². The zero-order chi connectivity index (χ0) is 12.0. The van der Waals surface area contributed by atoms with Gasteiger partial charge >= 0.3 is 0 Å². The Morgan fingerprint density at radius 3 is 1.94 bits per heavy atom. The minimum absolute atomic E-state index is 0.472. The number of halogens is 1. The van der Waals surface area contributed by atoms with E-state index in [1.165, 1.54) is 12.1 Å². The van der Waals surface area contributed by atoms with Crippen LogP contribution in [0.1, 0.15) is 0 Å². The lowest BCUT2D eigenvalue weighted by molar-refractivity contribution is 0.568. The normalized spacial score (nSPS) is 10.4. The molecular formula is C10H10FNO2S2. The van der Waals surface area contributed by atoms with Crippen LogP contribution in [0.5, 0.6) is 0 Å². The number of thiophene rings is 1. The van der Waals surface area contributed by atoms with Crippen molar-refractivity contribution in [3.8, 4) is 0 Å². The van der Waals surface area contributed by atoms with Gasteiger partial charge in [0.15, 0.2) is 0 Å². The number of hydrogen-bond acceptors (Lipinski definition) is 3. The van der Waals surface area contributed by atoms with Crippen molar-refractivity contribution in [1.29, 1.82) is 0 Å². The van der Waals surface area contributed by atoms with Crippen molar-refractivity contribution in [3.05, 3.63) is 53.0 Å². The minimum Gasteiger partial charge on any atom is -0.225 e. The fourth-order valence-corrected chi connectivity index (χ4v) is 1.96. The molecule has 1 aromatic carbocycles. The van der Waals surface area contributed by atoms with Crippen LogP contribution in [0.3, 0.4) is 0 Å². The molecule has 0 aliphatic rings. The molecule has 0 fully saturated rings. The summed E-state index contributed by atoms with van der Waals surface area (Å²) in [5.74, 6) is -0.824. The number of nitrogens with two attached hydrogens (primary N) is 1. The molecule has 1 aromatic heterocycles. The van der Waals surface area contributed by atoms with Gasteiger partial charge in [-0.05, 0) is 22.9 Å². The quantitative estimate of drug-likeness (QED) is 0.853. The van der Waals surface area contributed by atoms with Crippen molar-refractivity contribution in [1.82, 2.24) is 0 Å². The third kappa shape index (κ3) is 4.09. The third-order valence-corrected chi connectivity index (χ3v) is 3.14. The first-order chi connectivity index (χ1) is 7.52. The number of primary sulfonamides is 1. The van der Waals surface area contributed by atoms with Gasteiger partial charge in [0.2, 0.25) is 10.0 Å². The summed E-state index contributed by atoms with van der Waals surface area (Å²) in [4.78, 5) is -0.472. The van der Waals surface area contributed by atoms with Crippen LogP contribution < -0.4 is 5.14 Å². The van der Waals surface area contributed by atoms with Crippen LogP contribution in [0.4, 0.5) is 4.39 Å². The first-order valence-electron chi connectivity index (χ1n) is 4.26. The summed E-state index contributed by atoms with van der Waals surface area (Å²) in [7, 11) is -3.91. The lowest BCUT2D eigenvalue weighted by atomic mass is 10.4. The van der Waals surface area contributed by atoms with Gasteiger partial charge in [0.05, 0.1) is 0 Å². The van der Waals surface area contributed by atoms with Crippen LogP contribution in [0.15, 0.2) is 52.1 Å². The molecule has 0 atom stereocenters. The van der Waals surface area contributed by atoms with Gasteiger partial charge in [-0.1, -0.05) is 24.3 Å². The Morgan fingerprint density at radius 1 is 1.06 bits per heavy atom. The summed E-state index contributed by atoms with van der Waals surface area (Å²) >= 11 is 1.71. The predicted molar refractivity (Wildman–Crippen MR) is 62.1 cm³/mol. The van der Waals surface area contributed by atoms with E-state index in [1.54, 1.807) is 11.3 Å². The number of rotatable bonds is 1. The molecule has 2 aromatic rings. The van der Waals surface area contributed by atoms with Gasteiger partial charge in [-0.2, -0.15) is 11.3 Å². The monoisotopic (exact) mass is 259 g/mol. The van der Waals surface area contributed by atoms with Gasteiger partial charge in [-0.3, -0.25) is 0 Å². The van der Waals surface area contributed by atoms with E-state index in [-0.39, 0.29) is 0 Å². The van der Waals surface area contributed by atoms with Crippen LogP contribution in [-0.4, -0.2) is 8.42 Å². The van der Waals surface area contributed by atoms with Crippen LogP contribution >= 0.6 is 11.3 Å². The van der Waals surface area contributed by atoms with E-state index in [1.807, 2.05) is 22.9 Å². The molecule has 0 saturated heterocycles. The lowest BCUT2D eigenvalue weighted by Crippen LogP contribution is -2.13. The molecule has 2 N–H and O–H groups in total. The van der Waals surface area contributed by atoms with Crippen molar-refractivity contribution in [2.24, 2.45) is 5.14 Å². The first-order valence-corrected chi connectivity index (χ1v) is 6.75. The maximum absolute atomic E-state index is 12.6. The molecule has 0 bridgehead atoms. The molecule has 1 heterocycles. The van der Waals surface area contributed by atoms with Gasteiger partial charge in [0, 0.05) is 0 Å². The summed E-state index contributed by atoms with van der Waals surface area (Å²) < 4.78 is 33.8. The van der Waals surface area contributed by atoms with Gasteiger partial charge < -0.3 is 0 Å². The average molecular weight is 259 g/mol. The fourth-order valence-electron chi connectivity index (χ4n) is 0.902. The van der Waals surface area contributed by atoms with Gasteiger partial charge in [-0.25, -0.2) is 17.9 Å². The molecule has 16 heavy (non-hydrogen) atoms. The molecule has 0 aliphatic heterocycles. The smallest absolute Gasteiger partial charge is 0.225 e. The molecular weight excluding hydrogens is 249 g/mol. The fraction of sp³-hybridized carbons (Fsp3) is 0. The number of sulfonamides is 1. The summed E-state index contributed by atoms with van der Waals surface area (Å²) in [6.07, 6.45) is 0. The highest BCUT2D eigenvalue weighted by Crippen LogP contribution is 2.10. The SMILES string of the molecule is NS(=O)(=O)c1ccccc1F.c1ccsc1. The molecule has 0 radical (unpaired) electrons. The first kappa shape index (κ1) is 12.8. The standard InChI is InChI=1S/C6H6FNO2S.C4H4S/c7-5-3-1-2-4-6(5)11(8,9)10;1-2-4-5-3-1/h1-4H,(H2,8,9,10);1-4H. The van der Waals surface area contributed by atoms with Crippen molar-refractivity contribution in [2.75, 3.05) is 0 Å². The van der Waals surface area contributed by atoms with Gasteiger partial charge in [0.25, 0.3) is 0 Å². The minimum atomic E-state index is -3.91. The highest BCUT2D eigenvalue weighted by molar-refractivity contribution is 7.89. The average Bonchev–Trinajstić information content (AvgIpc) is 2.74. The second kappa shape index (κ2) is 5.74. The zero-order valence-electron chi connectivity index (χ0n) is 8.21. The van der Waals surface area contributed by atoms with E-state index in [0.29, 0.717) is 0 Å². The Morgan fingerprint density at radius 2 is 1.62 bits per heavy atom. The third-order valence-electron chi connectivity index (χ3n) is 1.57. The molecule has 86 valence electrons. The van der Waals surface area contributed by atoms with E-state index < -0.39 is 20.7 Å². The molecule has 3 nitrogen and oxygen atoms in total. The van der Waals surface area contributed by atoms with Crippen LogP contribution in [0, 0.1) is 5.82 Å². The van der Waals surface area contributed by atoms with Crippen molar-refractivity contribution in [3.63, 3.8) is 0 Å². The molecule has 0 unspecified atom stereocenters. The Labute approximate surface area is 97.4 Å². The van der Waals surface area contributed by atoms with Crippen LogP contribution in [0.25, 0.3) is 0 Å². The predicted octanol–water partition coefficient (Wildman–Crippen LogP) is 2.22. The molecule has 0 saturated carbocycles. The maximum Gasteiger partial charge on any atom is 0.240 e. The summed E-state index contributed by atoms with van der Waals surface area (Å²) in [5, 5.41) is 8.77. The molecule has 6 heteroatoms. The van der Waals surface area contributed by atoms with Crippen LogP contribution in [-0.2, 0) is 10.0 Å². The Kier molecular flexibility index (Phi) is 4.60. The van der Waals surface area contributed by atoms with E-state index in [9.17, 15) is 12.8 Å². The second-order valence-corrected chi connectivity index (χ2v) is 5.11. The van der Waals surface area contributed by atoms with E-state index in [0.717, 1.165) is 12.1 Å². The summed E-state index contributed by atoms with van der Waals surface area (Å²) in [6, 6.07) is 8.99. The Hall–Kier alpha value is -1.24. The number of hydrogen-bond donors (Lipinski definition) is 1. The highest BCUT2D eigenvalue weighted by Gasteiger charge is 2.11. The largest absolute Gasteiger partial charge is 0.240 e. The van der Waals surface area contributed by atoms with E-state index >= 15 is 0 Å². The Bertz CT molecular complexity index is 506. The number of benzene rings is 1. The van der Waals surface area contributed by atoms with Crippen molar-refractivity contribution >= 4 is 21.4 Å². The van der Waals surface area contributed by atoms with E-state index in [2.05, 4.69) is 5.14 Å². The lowest BCUT2D eigenvalue weighted by Gasteiger charge is -1.97. The maximum atomic E-state index is 12.6. The van der Waals surface area contributed by atoms with Crippen molar-refractivity contribution < 1.29 is 12.8 Å². The molecule has 0 aliphatic carbocycles. The Balaban J connectivity index is 0.000000212. The second-order valence-electron chi connectivity index (χ2n) is 2.77. The molecule has 0 spiro atoms. The topological polar surface area (TPSA) is 60.2 Å². The zero-order valence-corrected chi connectivity index (χ0v) is 9.84. The molecule has 2 rings (SSSR count). The van der Waals surface area contributed by atoms with Crippen LogP contribution in [0.2, 0.25) is 0 Å². The summed E-state index contributed by atoms with van der Waals surface area (Å²) in [5.41, 5.74) is 0. The highest BCUT2D eigenvalue weighted by atomic mass is 32.2. The summed E-state index contributed by atoms with van der Waals surface area (Å²) in [6.45, 7) is 0. The van der Waals surface area contributed by atoms with Gasteiger partial charge in [-0.15, -0.1) is 0 Å². The van der Waals surface area contributed by atoms with Gasteiger partial charge in [0.1, 0.15) is 10.7 Å².